The molecule has 6 heteroatoms. The minimum Gasteiger partial charge on any atom is -0.364 e. The molecular formula is C11H16N4O2. The molecule has 0 aliphatic carbocycles. The summed E-state index contributed by atoms with van der Waals surface area (Å²) in [6.45, 7) is 3.56. The molecule has 2 unspecified atom stereocenters. The predicted molar refractivity (Wildman–Crippen MR) is 64.9 cm³/mol. The van der Waals surface area contributed by atoms with E-state index in [-0.39, 0.29) is 11.9 Å². The van der Waals surface area contributed by atoms with Crippen LogP contribution in [0.25, 0.3) is 0 Å². The fraction of sp³-hybridized carbons (Fsp3) is 0.545. The van der Waals surface area contributed by atoms with E-state index in [0.29, 0.717) is 11.6 Å². The highest BCUT2D eigenvalue weighted by atomic mass is 16.6. The average molecular weight is 236 g/mol. The van der Waals surface area contributed by atoms with E-state index in [1.165, 1.54) is 6.20 Å². The highest BCUT2D eigenvalue weighted by Gasteiger charge is 2.27. The maximum atomic E-state index is 10.9. The first-order chi connectivity index (χ1) is 8.09. The van der Waals surface area contributed by atoms with E-state index in [1.54, 1.807) is 12.1 Å². The second-order valence-electron chi connectivity index (χ2n) is 4.48. The maximum Gasteiger partial charge on any atom is 0.387 e. The Morgan fingerprint density at radius 2 is 2.41 bits per heavy atom. The number of pyridine rings is 1. The lowest BCUT2D eigenvalue weighted by atomic mass is 9.94. The maximum absolute atomic E-state index is 10.9. The fourth-order valence-electron chi connectivity index (χ4n) is 2.16. The van der Waals surface area contributed by atoms with E-state index >= 15 is 0 Å². The molecule has 1 aliphatic heterocycles. The Bertz CT molecular complexity index is 424. The number of nitrogens with zero attached hydrogens (tertiary/aromatic N) is 3. The van der Waals surface area contributed by atoms with Crippen LogP contribution >= 0.6 is 0 Å². The second-order valence-corrected chi connectivity index (χ2v) is 4.48. The van der Waals surface area contributed by atoms with Crippen molar-refractivity contribution >= 4 is 11.5 Å². The number of rotatable bonds is 2. The number of hydrogen-bond donors (Lipinski definition) is 1. The molecule has 0 radical (unpaired) electrons. The van der Waals surface area contributed by atoms with Gasteiger partial charge < -0.3 is 20.7 Å². The molecule has 1 aromatic rings. The SMILES string of the molecule is CC1CN(c2cccnc2[N+](=O)[O-])CCC1N. The van der Waals surface area contributed by atoms with Crippen LogP contribution < -0.4 is 10.6 Å². The summed E-state index contributed by atoms with van der Waals surface area (Å²) in [5.74, 6) is 0.263. The second kappa shape index (κ2) is 4.67. The van der Waals surface area contributed by atoms with Gasteiger partial charge in [0.15, 0.2) is 0 Å². The van der Waals surface area contributed by atoms with Crippen LogP contribution in [0, 0.1) is 16.0 Å². The molecule has 1 fully saturated rings. The van der Waals surface area contributed by atoms with Gasteiger partial charge in [-0.05, 0) is 34.4 Å². The molecule has 6 nitrogen and oxygen atoms in total. The molecule has 0 bridgehead atoms. The molecule has 2 atom stereocenters. The zero-order valence-corrected chi connectivity index (χ0v) is 9.74. The molecule has 17 heavy (non-hydrogen) atoms. The molecule has 2 N–H and O–H groups in total. The van der Waals surface area contributed by atoms with Crippen LogP contribution in [-0.2, 0) is 0 Å². The Morgan fingerprint density at radius 3 is 3.06 bits per heavy atom. The Labute approximate surface area is 99.6 Å². The Kier molecular flexibility index (Phi) is 3.23. The summed E-state index contributed by atoms with van der Waals surface area (Å²) in [5, 5.41) is 10.9. The van der Waals surface area contributed by atoms with Gasteiger partial charge in [0, 0.05) is 19.1 Å². The summed E-state index contributed by atoms with van der Waals surface area (Å²) in [7, 11) is 0. The summed E-state index contributed by atoms with van der Waals surface area (Å²) < 4.78 is 0. The van der Waals surface area contributed by atoms with Crippen LogP contribution in [0.1, 0.15) is 13.3 Å². The molecule has 0 spiro atoms. The van der Waals surface area contributed by atoms with E-state index in [2.05, 4.69) is 11.9 Å². The van der Waals surface area contributed by atoms with Crippen LogP contribution in [0.2, 0.25) is 0 Å². The van der Waals surface area contributed by atoms with Crippen molar-refractivity contribution < 1.29 is 4.92 Å². The Balaban J connectivity index is 2.25. The van der Waals surface area contributed by atoms with Gasteiger partial charge >= 0.3 is 5.82 Å². The zero-order valence-electron chi connectivity index (χ0n) is 9.74. The van der Waals surface area contributed by atoms with Crippen molar-refractivity contribution in [2.45, 2.75) is 19.4 Å². The van der Waals surface area contributed by atoms with Gasteiger partial charge in [0.2, 0.25) is 0 Å². The van der Waals surface area contributed by atoms with Crippen LogP contribution in [0.5, 0.6) is 0 Å². The molecule has 0 amide bonds. The van der Waals surface area contributed by atoms with Crippen molar-refractivity contribution in [1.82, 2.24) is 4.98 Å². The summed E-state index contributed by atoms with van der Waals surface area (Å²) in [6, 6.07) is 3.65. The van der Waals surface area contributed by atoms with Gasteiger partial charge in [-0.2, -0.15) is 0 Å². The van der Waals surface area contributed by atoms with Crippen LogP contribution in [0.4, 0.5) is 11.5 Å². The number of hydrogen-bond acceptors (Lipinski definition) is 5. The molecule has 1 saturated heterocycles. The molecule has 0 aromatic carbocycles. The third kappa shape index (κ3) is 2.36. The minimum atomic E-state index is -0.436. The Hall–Kier alpha value is -1.69. The third-order valence-corrected chi connectivity index (χ3v) is 3.25. The van der Waals surface area contributed by atoms with E-state index in [1.807, 2.05) is 4.90 Å². The third-order valence-electron chi connectivity index (χ3n) is 3.25. The summed E-state index contributed by atoms with van der Waals surface area (Å²) >= 11 is 0. The standard InChI is InChI=1S/C11H16N4O2/c1-8-7-14(6-4-9(8)12)10-3-2-5-13-11(10)15(16)17/h2-3,5,8-9H,4,6-7,12H2,1H3. The van der Waals surface area contributed by atoms with Gasteiger partial charge in [-0.15, -0.1) is 0 Å². The van der Waals surface area contributed by atoms with Crippen molar-refractivity contribution in [2.75, 3.05) is 18.0 Å². The van der Waals surface area contributed by atoms with Crippen molar-refractivity contribution in [3.05, 3.63) is 28.4 Å². The van der Waals surface area contributed by atoms with Crippen molar-refractivity contribution in [2.24, 2.45) is 11.7 Å². The average Bonchev–Trinajstić information content (AvgIpc) is 2.32. The lowest BCUT2D eigenvalue weighted by Crippen LogP contribution is -2.46. The summed E-state index contributed by atoms with van der Waals surface area (Å²) in [4.78, 5) is 16.3. The number of nitro groups is 1. The largest absolute Gasteiger partial charge is 0.387 e. The summed E-state index contributed by atoms with van der Waals surface area (Å²) in [6.07, 6.45) is 2.30. The topological polar surface area (TPSA) is 85.3 Å². The highest BCUT2D eigenvalue weighted by Crippen LogP contribution is 2.28. The lowest BCUT2D eigenvalue weighted by Gasteiger charge is -2.35. The quantitative estimate of drug-likeness (QED) is 0.615. The van der Waals surface area contributed by atoms with Crippen molar-refractivity contribution in [3.8, 4) is 0 Å². The van der Waals surface area contributed by atoms with E-state index in [4.69, 9.17) is 5.73 Å². The minimum absolute atomic E-state index is 0.0739. The van der Waals surface area contributed by atoms with Gasteiger partial charge in [-0.3, -0.25) is 0 Å². The normalized spacial score (nSPS) is 24.7. The molecule has 1 aromatic heterocycles. The van der Waals surface area contributed by atoms with Crippen molar-refractivity contribution in [1.29, 1.82) is 0 Å². The first-order valence-corrected chi connectivity index (χ1v) is 5.69. The summed E-state index contributed by atoms with van der Waals surface area (Å²) in [5.41, 5.74) is 6.53. The van der Waals surface area contributed by atoms with Gasteiger partial charge in [0.1, 0.15) is 11.9 Å². The number of nitrogens with two attached hydrogens (primary N) is 1. The first-order valence-electron chi connectivity index (χ1n) is 5.69. The predicted octanol–water partition coefficient (Wildman–Crippen LogP) is 1.16. The lowest BCUT2D eigenvalue weighted by molar-refractivity contribution is -0.388. The monoisotopic (exact) mass is 236 g/mol. The van der Waals surface area contributed by atoms with Gasteiger partial charge in [0.05, 0.1) is 0 Å². The smallest absolute Gasteiger partial charge is 0.364 e. The molecule has 0 saturated carbocycles. The molecule has 1 aliphatic rings. The van der Waals surface area contributed by atoms with Gasteiger partial charge in [-0.1, -0.05) is 6.92 Å². The molecular weight excluding hydrogens is 220 g/mol. The number of piperidine rings is 1. The van der Waals surface area contributed by atoms with E-state index in [9.17, 15) is 10.1 Å². The number of aromatic nitrogens is 1. The Morgan fingerprint density at radius 1 is 1.65 bits per heavy atom. The highest BCUT2D eigenvalue weighted by molar-refractivity contribution is 5.59. The molecule has 2 rings (SSSR count). The van der Waals surface area contributed by atoms with E-state index < -0.39 is 4.92 Å². The van der Waals surface area contributed by atoms with Crippen molar-refractivity contribution in [3.63, 3.8) is 0 Å². The zero-order chi connectivity index (χ0) is 12.4. The number of anilines is 1. The molecule has 2 heterocycles. The fourth-order valence-corrected chi connectivity index (χ4v) is 2.16. The van der Waals surface area contributed by atoms with Crippen LogP contribution in [-0.4, -0.2) is 29.0 Å². The first kappa shape index (κ1) is 11.8. The van der Waals surface area contributed by atoms with E-state index in [0.717, 1.165) is 19.5 Å². The van der Waals surface area contributed by atoms with Gasteiger partial charge in [0.25, 0.3) is 0 Å². The van der Waals surface area contributed by atoms with Gasteiger partial charge in [-0.25, -0.2) is 0 Å². The molecule has 92 valence electrons. The van der Waals surface area contributed by atoms with Crippen LogP contribution in [0.15, 0.2) is 18.3 Å². The van der Waals surface area contributed by atoms with Crippen LogP contribution in [0.3, 0.4) is 0 Å².